The van der Waals surface area contributed by atoms with Gasteiger partial charge in [0.15, 0.2) is 0 Å². The van der Waals surface area contributed by atoms with Crippen LogP contribution in [-0.2, 0) is 22.4 Å². The van der Waals surface area contributed by atoms with Crippen LogP contribution in [0.1, 0.15) is 5.82 Å². The lowest BCUT2D eigenvalue weighted by Crippen LogP contribution is -3.00. The molecule has 1 aromatic rings. The molecule has 1 heterocycles. The molecule has 94 valence electrons. The Bertz CT molecular complexity index is 321. The Hall–Kier alpha value is 0.190. The molecular formula is C9H15BrCl2N2O2. The molecule has 0 aliphatic rings. The predicted octanol–water partition coefficient (Wildman–Crippen LogP) is -1.55. The highest BCUT2D eigenvalue weighted by atomic mass is 79.9. The molecule has 7 heteroatoms. The lowest BCUT2D eigenvalue weighted by Gasteiger charge is -2.00. The van der Waals surface area contributed by atoms with E-state index in [1.165, 1.54) is 0 Å². The third-order valence-electron chi connectivity index (χ3n) is 2.06. The largest absolute Gasteiger partial charge is 1.00 e. The van der Waals surface area contributed by atoms with Gasteiger partial charge in [0.1, 0.15) is 6.54 Å². The van der Waals surface area contributed by atoms with E-state index >= 15 is 0 Å². The molecule has 0 atom stereocenters. The van der Waals surface area contributed by atoms with Crippen LogP contribution in [0, 0.1) is 0 Å². The number of ether oxygens (including phenoxy) is 2. The number of nitrogens with one attached hydrogen (secondary N) is 1. The Balaban J connectivity index is 0.00000225. The van der Waals surface area contributed by atoms with Gasteiger partial charge in [0.25, 0.3) is 16.1 Å². The van der Waals surface area contributed by atoms with Crippen LogP contribution in [0.15, 0.2) is 0 Å². The van der Waals surface area contributed by atoms with E-state index in [0.717, 1.165) is 12.2 Å². The van der Waals surface area contributed by atoms with Crippen LogP contribution in [-0.4, -0.2) is 32.4 Å². The van der Waals surface area contributed by atoms with E-state index in [9.17, 15) is 0 Å². The average molecular weight is 334 g/mol. The minimum Gasteiger partial charge on any atom is -1.00 e. The zero-order valence-electron chi connectivity index (χ0n) is 9.23. The topological polar surface area (TPSA) is 38.1 Å². The third-order valence-corrected chi connectivity index (χ3v) is 2.82. The number of methoxy groups -OCH3 is 2. The van der Waals surface area contributed by atoms with Crippen molar-refractivity contribution < 1.29 is 31.0 Å². The van der Waals surface area contributed by atoms with Crippen molar-refractivity contribution in [3.05, 3.63) is 16.1 Å². The highest BCUT2D eigenvalue weighted by Gasteiger charge is 2.21. The van der Waals surface area contributed by atoms with Crippen molar-refractivity contribution in [2.75, 3.05) is 27.4 Å². The maximum absolute atomic E-state index is 6.03. The number of H-pyrrole nitrogens is 1. The van der Waals surface area contributed by atoms with Gasteiger partial charge < -0.3 is 26.5 Å². The lowest BCUT2D eigenvalue weighted by molar-refractivity contribution is -0.702. The van der Waals surface area contributed by atoms with Gasteiger partial charge in [-0.15, -0.1) is 0 Å². The normalized spacial score (nSPS) is 10.2. The van der Waals surface area contributed by atoms with Gasteiger partial charge in [0.05, 0.1) is 19.6 Å². The summed E-state index contributed by atoms with van der Waals surface area (Å²) in [5.41, 5.74) is 0. The fourth-order valence-corrected chi connectivity index (χ4v) is 1.74. The van der Waals surface area contributed by atoms with E-state index in [1.54, 1.807) is 14.2 Å². The number of nitrogens with zero attached hydrogens (tertiary/aromatic N) is 1. The van der Waals surface area contributed by atoms with Gasteiger partial charge in [0, 0.05) is 14.2 Å². The summed E-state index contributed by atoms with van der Waals surface area (Å²) in [6.45, 7) is 1.90. The van der Waals surface area contributed by atoms with Gasteiger partial charge in [0.2, 0.25) is 0 Å². The molecule has 0 saturated carbocycles. The zero-order valence-corrected chi connectivity index (χ0v) is 12.3. The zero-order chi connectivity index (χ0) is 11.3. The van der Waals surface area contributed by atoms with E-state index in [4.69, 9.17) is 32.7 Å². The van der Waals surface area contributed by atoms with Crippen LogP contribution < -0.4 is 21.5 Å². The standard InChI is InChI=1S/C9H14Cl2N2O2.BrH/c1-14-5-3-7-12-8(10)9(11)13(7)4-6-15-2;/h3-6H2,1-2H3;1H. The molecule has 16 heavy (non-hydrogen) atoms. The van der Waals surface area contributed by atoms with Crippen LogP contribution in [0.4, 0.5) is 0 Å². The fraction of sp³-hybridized carbons (Fsp3) is 0.667. The highest BCUT2D eigenvalue weighted by molar-refractivity contribution is 6.39. The summed E-state index contributed by atoms with van der Waals surface area (Å²) in [5, 5.41) is 0.971. The number of aromatic nitrogens is 2. The molecule has 0 unspecified atom stereocenters. The summed E-state index contributed by atoms with van der Waals surface area (Å²) in [4.78, 5) is 3.02. The second kappa shape index (κ2) is 8.31. The average Bonchev–Trinajstić information content (AvgIpc) is 2.50. The van der Waals surface area contributed by atoms with Crippen molar-refractivity contribution in [3.63, 3.8) is 0 Å². The van der Waals surface area contributed by atoms with Gasteiger partial charge in [-0.05, 0) is 23.2 Å². The summed E-state index contributed by atoms with van der Waals surface area (Å²) in [7, 11) is 3.31. The molecule has 0 aromatic carbocycles. The summed E-state index contributed by atoms with van der Waals surface area (Å²) in [6.07, 6.45) is 0.743. The van der Waals surface area contributed by atoms with E-state index in [1.807, 2.05) is 4.57 Å². The fourth-order valence-electron chi connectivity index (χ4n) is 1.29. The number of rotatable bonds is 6. The van der Waals surface area contributed by atoms with Gasteiger partial charge in [-0.2, -0.15) is 0 Å². The first-order chi connectivity index (χ1) is 7.20. The number of hydrogen-bond donors (Lipinski definition) is 1. The van der Waals surface area contributed by atoms with Gasteiger partial charge in [-0.25, -0.2) is 9.55 Å². The molecule has 0 aliphatic heterocycles. The number of imidazole rings is 1. The van der Waals surface area contributed by atoms with Crippen LogP contribution in [0.5, 0.6) is 0 Å². The van der Waals surface area contributed by atoms with Crippen molar-refractivity contribution in [1.29, 1.82) is 0 Å². The van der Waals surface area contributed by atoms with Crippen molar-refractivity contribution in [1.82, 2.24) is 4.98 Å². The summed E-state index contributed by atoms with van der Waals surface area (Å²) in [6, 6.07) is 0. The Labute approximate surface area is 116 Å². The third kappa shape index (κ3) is 4.22. The molecule has 1 rings (SSSR count). The molecular weight excluding hydrogens is 319 g/mol. The first kappa shape index (κ1) is 16.2. The monoisotopic (exact) mass is 332 g/mol. The maximum atomic E-state index is 6.03. The van der Waals surface area contributed by atoms with E-state index in [-0.39, 0.29) is 17.0 Å². The second-order valence-corrected chi connectivity index (χ2v) is 3.80. The molecule has 0 amide bonds. The molecule has 0 spiro atoms. The SMILES string of the molecule is COCCc1[nH]c(Cl)c(Cl)[n+]1CCOC.[Br-]. The van der Waals surface area contributed by atoms with Gasteiger partial charge >= 0.3 is 0 Å². The van der Waals surface area contributed by atoms with Gasteiger partial charge in [-0.1, -0.05) is 0 Å². The molecule has 0 aliphatic carbocycles. The second-order valence-electron chi connectivity index (χ2n) is 3.06. The summed E-state index contributed by atoms with van der Waals surface area (Å²) < 4.78 is 11.9. The number of hydrogen-bond acceptors (Lipinski definition) is 2. The molecule has 1 aromatic heterocycles. The van der Waals surface area contributed by atoms with Crippen molar-refractivity contribution >= 4 is 23.2 Å². The Kier molecular flexibility index (Phi) is 8.40. The molecule has 0 bridgehead atoms. The van der Waals surface area contributed by atoms with Gasteiger partial charge in [-0.3, -0.25) is 0 Å². The van der Waals surface area contributed by atoms with Crippen LogP contribution in [0.3, 0.4) is 0 Å². The van der Waals surface area contributed by atoms with Crippen molar-refractivity contribution in [2.24, 2.45) is 0 Å². The predicted molar refractivity (Wildman–Crippen MR) is 58.5 cm³/mol. The van der Waals surface area contributed by atoms with E-state index < -0.39 is 0 Å². The quantitative estimate of drug-likeness (QED) is 0.640. The highest BCUT2D eigenvalue weighted by Crippen LogP contribution is 2.16. The van der Waals surface area contributed by atoms with Crippen molar-refractivity contribution in [2.45, 2.75) is 13.0 Å². The first-order valence-corrected chi connectivity index (χ1v) is 5.39. The molecule has 4 nitrogen and oxygen atoms in total. The first-order valence-electron chi connectivity index (χ1n) is 4.64. The van der Waals surface area contributed by atoms with E-state index in [0.29, 0.717) is 30.1 Å². The molecule has 1 N–H and O–H groups in total. The van der Waals surface area contributed by atoms with Crippen LogP contribution in [0.2, 0.25) is 10.3 Å². The van der Waals surface area contributed by atoms with E-state index in [2.05, 4.69) is 4.98 Å². The van der Waals surface area contributed by atoms with Crippen molar-refractivity contribution in [3.8, 4) is 0 Å². The number of halogens is 3. The summed E-state index contributed by atoms with van der Waals surface area (Å²) in [5.74, 6) is 0.948. The Morgan fingerprint density at radius 3 is 2.38 bits per heavy atom. The molecule has 0 radical (unpaired) electrons. The molecule has 0 fully saturated rings. The number of aromatic amines is 1. The smallest absolute Gasteiger partial charge is 0.259 e. The van der Waals surface area contributed by atoms with Crippen LogP contribution in [0.25, 0.3) is 0 Å². The summed E-state index contributed by atoms with van der Waals surface area (Å²) >= 11 is 11.9. The van der Waals surface area contributed by atoms with Crippen LogP contribution >= 0.6 is 23.2 Å². The maximum Gasteiger partial charge on any atom is 0.259 e. The lowest BCUT2D eigenvalue weighted by atomic mass is 10.4. The Morgan fingerprint density at radius 2 is 1.81 bits per heavy atom. The molecule has 0 saturated heterocycles. The minimum absolute atomic E-state index is 0. The minimum atomic E-state index is 0. The Morgan fingerprint density at radius 1 is 1.19 bits per heavy atom.